The second-order valence-corrected chi connectivity index (χ2v) is 3.50. The Balaban J connectivity index is 2.22. The third kappa shape index (κ3) is 2.12. The van der Waals surface area contributed by atoms with Crippen molar-refractivity contribution in [2.24, 2.45) is 0 Å². The van der Waals surface area contributed by atoms with Gasteiger partial charge in [-0.15, -0.1) is 0 Å². The number of aromatic amines is 1. The van der Waals surface area contributed by atoms with E-state index in [0.29, 0.717) is 12.2 Å². The van der Waals surface area contributed by atoms with Crippen molar-refractivity contribution in [1.82, 2.24) is 15.0 Å². The molecule has 2 heterocycles. The molecule has 6 heteroatoms. The van der Waals surface area contributed by atoms with E-state index in [4.69, 9.17) is 10.2 Å². The predicted molar refractivity (Wildman–Crippen MR) is 60.1 cm³/mol. The maximum atomic E-state index is 9.12. The number of aliphatic hydroxyl groups excluding tert-OH is 2. The fraction of sp³-hybridized carbons (Fsp3) is 0.400. The summed E-state index contributed by atoms with van der Waals surface area (Å²) in [6, 6.07) is 1.67. The first-order valence-electron chi connectivity index (χ1n) is 5.11. The molecule has 2 aromatic rings. The lowest BCUT2D eigenvalue weighted by atomic mass is 10.2. The lowest BCUT2D eigenvalue weighted by molar-refractivity contribution is 0.229. The van der Waals surface area contributed by atoms with Crippen LogP contribution in [-0.4, -0.2) is 44.4 Å². The first-order valence-corrected chi connectivity index (χ1v) is 5.11. The maximum absolute atomic E-state index is 9.12. The molecule has 0 saturated carbocycles. The summed E-state index contributed by atoms with van der Waals surface area (Å²) < 4.78 is 0. The molecule has 0 saturated heterocycles. The smallest absolute Gasteiger partial charge is 0.142 e. The number of rotatable bonds is 5. The van der Waals surface area contributed by atoms with Crippen LogP contribution in [0.2, 0.25) is 0 Å². The van der Waals surface area contributed by atoms with Gasteiger partial charge in [-0.3, -0.25) is 0 Å². The van der Waals surface area contributed by atoms with Gasteiger partial charge in [0.1, 0.15) is 17.8 Å². The van der Waals surface area contributed by atoms with E-state index in [9.17, 15) is 0 Å². The van der Waals surface area contributed by atoms with Gasteiger partial charge in [-0.25, -0.2) is 9.97 Å². The number of nitrogens with one attached hydrogen (secondary N) is 2. The van der Waals surface area contributed by atoms with Gasteiger partial charge in [0.25, 0.3) is 0 Å². The molecule has 2 rings (SSSR count). The standard InChI is InChI=1S/C10H14N4O2/c15-4-2-7(5-16)14-10-8-1-3-11-9(8)12-6-13-10/h1,3,6-7,15-16H,2,4-5H2,(H2,11,12,13,14)/t7-/m1/s1. The van der Waals surface area contributed by atoms with Crippen LogP contribution in [0.15, 0.2) is 18.6 Å². The number of anilines is 1. The molecule has 6 nitrogen and oxygen atoms in total. The zero-order chi connectivity index (χ0) is 11.4. The van der Waals surface area contributed by atoms with Crippen molar-refractivity contribution in [1.29, 1.82) is 0 Å². The lowest BCUT2D eigenvalue weighted by Gasteiger charge is -2.15. The Labute approximate surface area is 92.4 Å². The van der Waals surface area contributed by atoms with Crippen molar-refractivity contribution < 1.29 is 10.2 Å². The van der Waals surface area contributed by atoms with E-state index in [2.05, 4.69) is 20.3 Å². The Kier molecular flexibility index (Phi) is 3.33. The normalized spacial score (nSPS) is 12.9. The van der Waals surface area contributed by atoms with Gasteiger partial charge in [0.05, 0.1) is 18.0 Å². The SMILES string of the molecule is OCC[C@H](CO)Nc1ncnc2[nH]ccc12. The molecule has 0 unspecified atom stereocenters. The molecular formula is C10H14N4O2. The highest BCUT2D eigenvalue weighted by atomic mass is 16.3. The van der Waals surface area contributed by atoms with Gasteiger partial charge in [0, 0.05) is 12.8 Å². The van der Waals surface area contributed by atoms with Gasteiger partial charge in [0.15, 0.2) is 0 Å². The Bertz CT molecular complexity index is 457. The minimum absolute atomic E-state index is 0.0274. The highest BCUT2D eigenvalue weighted by Gasteiger charge is 2.10. The fourth-order valence-corrected chi connectivity index (χ4v) is 1.55. The number of hydrogen-bond acceptors (Lipinski definition) is 5. The van der Waals surface area contributed by atoms with Crippen molar-refractivity contribution in [3.8, 4) is 0 Å². The van der Waals surface area contributed by atoms with Gasteiger partial charge < -0.3 is 20.5 Å². The average Bonchev–Trinajstić information content (AvgIpc) is 2.77. The van der Waals surface area contributed by atoms with Crippen LogP contribution in [0.4, 0.5) is 5.82 Å². The molecule has 0 aliphatic heterocycles. The zero-order valence-electron chi connectivity index (χ0n) is 8.72. The minimum Gasteiger partial charge on any atom is -0.396 e. The topological polar surface area (TPSA) is 94.1 Å². The van der Waals surface area contributed by atoms with Gasteiger partial charge in [-0.2, -0.15) is 0 Å². The number of H-pyrrole nitrogens is 1. The van der Waals surface area contributed by atoms with Gasteiger partial charge in [0.2, 0.25) is 0 Å². The molecule has 86 valence electrons. The Hall–Kier alpha value is -1.66. The average molecular weight is 222 g/mol. The molecule has 0 aromatic carbocycles. The van der Waals surface area contributed by atoms with Crippen LogP contribution in [0.3, 0.4) is 0 Å². The number of aromatic nitrogens is 3. The number of hydrogen-bond donors (Lipinski definition) is 4. The van der Waals surface area contributed by atoms with Crippen molar-refractivity contribution in [3.63, 3.8) is 0 Å². The number of nitrogens with zero attached hydrogens (tertiary/aromatic N) is 2. The van der Waals surface area contributed by atoms with E-state index < -0.39 is 0 Å². The summed E-state index contributed by atoms with van der Waals surface area (Å²) in [4.78, 5) is 11.2. The first kappa shape index (κ1) is 10.8. The van der Waals surface area contributed by atoms with E-state index in [1.54, 1.807) is 6.20 Å². The quantitative estimate of drug-likeness (QED) is 0.576. The van der Waals surface area contributed by atoms with E-state index in [1.807, 2.05) is 6.07 Å². The summed E-state index contributed by atoms with van der Waals surface area (Å²) >= 11 is 0. The molecule has 0 fully saturated rings. The molecule has 16 heavy (non-hydrogen) atoms. The van der Waals surface area contributed by atoms with Crippen LogP contribution in [-0.2, 0) is 0 Å². The summed E-state index contributed by atoms with van der Waals surface area (Å²) in [5, 5.41) is 21.9. The van der Waals surface area contributed by atoms with E-state index in [0.717, 1.165) is 11.0 Å². The zero-order valence-corrected chi connectivity index (χ0v) is 8.72. The molecule has 0 bridgehead atoms. The van der Waals surface area contributed by atoms with Crippen LogP contribution in [0, 0.1) is 0 Å². The molecule has 0 amide bonds. The predicted octanol–water partition coefficient (Wildman–Crippen LogP) is 0.113. The lowest BCUT2D eigenvalue weighted by Crippen LogP contribution is -2.25. The van der Waals surface area contributed by atoms with E-state index >= 15 is 0 Å². The van der Waals surface area contributed by atoms with Crippen LogP contribution < -0.4 is 5.32 Å². The highest BCUT2D eigenvalue weighted by Crippen LogP contribution is 2.18. The number of fused-ring (bicyclic) bond motifs is 1. The molecule has 0 aliphatic carbocycles. The fourth-order valence-electron chi connectivity index (χ4n) is 1.55. The highest BCUT2D eigenvalue weighted by molar-refractivity contribution is 5.86. The van der Waals surface area contributed by atoms with E-state index in [1.165, 1.54) is 6.33 Å². The second kappa shape index (κ2) is 4.91. The third-order valence-corrected chi connectivity index (χ3v) is 2.39. The Morgan fingerprint density at radius 2 is 2.25 bits per heavy atom. The summed E-state index contributed by atoms with van der Waals surface area (Å²) in [5.74, 6) is 0.666. The second-order valence-electron chi connectivity index (χ2n) is 3.50. The molecule has 0 aliphatic rings. The van der Waals surface area contributed by atoms with Crippen LogP contribution >= 0.6 is 0 Å². The van der Waals surface area contributed by atoms with Crippen LogP contribution in [0.25, 0.3) is 11.0 Å². The third-order valence-electron chi connectivity index (χ3n) is 2.39. The van der Waals surface area contributed by atoms with E-state index in [-0.39, 0.29) is 19.3 Å². The Morgan fingerprint density at radius 1 is 1.38 bits per heavy atom. The summed E-state index contributed by atoms with van der Waals surface area (Å²) in [7, 11) is 0. The Morgan fingerprint density at radius 3 is 3.00 bits per heavy atom. The van der Waals surface area contributed by atoms with Gasteiger partial charge in [-0.05, 0) is 12.5 Å². The molecule has 4 N–H and O–H groups in total. The molecule has 1 atom stereocenters. The molecule has 2 aromatic heterocycles. The maximum Gasteiger partial charge on any atom is 0.142 e. The van der Waals surface area contributed by atoms with Crippen molar-refractivity contribution in [2.45, 2.75) is 12.5 Å². The largest absolute Gasteiger partial charge is 0.396 e. The molecular weight excluding hydrogens is 208 g/mol. The summed E-state index contributed by atoms with van der Waals surface area (Å²) in [5.41, 5.74) is 0.748. The molecule has 0 spiro atoms. The van der Waals surface area contributed by atoms with Crippen molar-refractivity contribution >= 4 is 16.9 Å². The van der Waals surface area contributed by atoms with Crippen LogP contribution in [0.1, 0.15) is 6.42 Å². The van der Waals surface area contributed by atoms with Crippen molar-refractivity contribution in [2.75, 3.05) is 18.5 Å². The van der Waals surface area contributed by atoms with Gasteiger partial charge in [-0.1, -0.05) is 0 Å². The summed E-state index contributed by atoms with van der Waals surface area (Å²) in [6.07, 6.45) is 3.71. The minimum atomic E-state index is -0.196. The summed E-state index contributed by atoms with van der Waals surface area (Å²) in [6.45, 7) is -0.0178. The molecule has 0 radical (unpaired) electrons. The van der Waals surface area contributed by atoms with Gasteiger partial charge >= 0.3 is 0 Å². The van der Waals surface area contributed by atoms with Crippen molar-refractivity contribution in [3.05, 3.63) is 18.6 Å². The van der Waals surface area contributed by atoms with Crippen LogP contribution in [0.5, 0.6) is 0 Å². The number of aliphatic hydroxyl groups is 2. The first-order chi connectivity index (χ1) is 7.85. The monoisotopic (exact) mass is 222 g/mol.